The lowest BCUT2D eigenvalue weighted by atomic mass is 9.83. The molecule has 0 bridgehead atoms. The number of likely N-dealkylation sites (tertiary alicyclic amines) is 1. The van der Waals surface area contributed by atoms with Gasteiger partial charge in [-0.2, -0.15) is 0 Å². The summed E-state index contributed by atoms with van der Waals surface area (Å²) >= 11 is 0. The van der Waals surface area contributed by atoms with E-state index >= 15 is 0 Å². The standard InChI is InChI=1S/C10H17N5O2/c1-7(2)10(17)4-14(5-10)8(16)3-15-6-12-9(11)13-15/h6-7,17H,3-5H2,1-2H3,(H2,11,13). The van der Waals surface area contributed by atoms with Crippen LogP contribution in [0.4, 0.5) is 5.95 Å². The Bertz CT molecular complexity index is 422. The van der Waals surface area contributed by atoms with E-state index in [1.54, 1.807) is 4.90 Å². The molecule has 1 fully saturated rings. The van der Waals surface area contributed by atoms with Gasteiger partial charge in [0.1, 0.15) is 18.5 Å². The number of carbonyl (C=O) groups is 1. The highest BCUT2D eigenvalue weighted by atomic mass is 16.3. The zero-order valence-electron chi connectivity index (χ0n) is 10.00. The third-order valence-electron chi connectivity index (χ3n) is 3.21. The third kappa shape index (κ3) is 2.23. The number of aromatic nitrogens is 3. The Kier molecular flexibility index (Phi) is 2.78. The molecular weight excluding hydrogens is 222 g/mol. The molecule has 7 heteroatoms. The van der Waals surface area contributed by atoms with E-state index in [9.17, 15) is 9.90 Å². The van der Waals surface area contributed by atoms with Crippen LogP contribution in [-0.2, 0) is 11.3 Å². The van der Waals surface area contributed by atoms with Gasteiger partial charge in [-0.05, 0) is 5.92 Å². The van der Waals surface area contributed by atoms with Gasteiger partial charge < -0.3 is 15.7 Å². The van der Waals surface area contributed by atoms with Crippen molar-refractivity contribution in [3.8, 4) is 0 Å². The van der Waals surface area contributed by atoms with E-state index in [2.05, 4.69) is 10.1 Å². The van der Waals surface area contributed by atoms with Crippen LogP contribution < -0.4 is 5.73 Å². The van der Waals surface area contributed by atoms with Crippen molar-refractivity contribution in [3.63, 3.8) is 0 Å². The maximum atomic E-state index is 11.8. The molecule has 0 radical (unpaired) electrons. The van der Waals surface area contributed by atoms with Crippen molar-refractivity contribution in [1.82, 2.24) is 19.7 Å². The van der Waals surface area contributed by atoms with Crippen LogP contribution >= 0.6 is 0 Å². The van der Waals surface area contributed by atoms with Crippen LogP contribution in [0.25, 0.3) is 0 Å². The van der Waals surface area contributed by atoms with E-state index in [0.717, 1.165) is 0 Å². The summed E-state index contributed by atoms with van der Waals surface area (Å²) in [4.78, 5) is 17.1. The molecule has 1 saturated heterocycles. The zero-order valence-corrected chi connectivity index (χ0v) is 10.00. The van der Waals surface area contributed by atoms with Crippen LogP contribution in [0.15, 0.2) is 6.33 Å². The fourth-order valence-corrected chi connectivity index (χ4v) is 1.78. The van der Waals surface area contributed by atoms with Crippen molar-refractivity contribution in [2.24, 2.45) is 5.92 Å². The smallest absolute Gasteiger partial charge is 0.244 e. The monoisotopic (exact) mass is 239 g/mol. The molecule has 3 N–H and O–H groups in total. The number of aliphatic hydroxyl groups is 1. The molecule has 1 aliphatic heterocycles. The molecule has 0 aromatic carbocycles. The number of hydrogen-bond donors (Lipinski definition) is 2. The van der Waals surface area contributed by atoms with Crippen molar-refractivity contribution in [2.45, 2.75) is 26.0 Å². The van der Waals surface area contributed by atoms with Gasteiger partial charge in [0.15, 0.2) is 0 Å². The third-order valence-corrected chi connectivity index (χ3v) is 3.21. The van der Waals surface area contributed by atoms with Crippen molar-refractivity contribution in [1.29, 1.82) is 0 Å². The SMILES string of the molecule is CC(C)C1(O)CN(C(=O)Cn2cnc(N)n2)C1. The number of amides is 1. The Balaban J connectivity index is 1.88. The molecule has 7 nitrogen and oxygen atoms in total. The van der Waals surface area contributed by atoms with Crippen LogP contribution in [0.3, 0.4) is 0 Å². The Hall–Kier alpha value is -1.63. The summed E-state index contributed by atoms with van der Waals surface area (Å²) in [6.07, 6.45) is 1.42. The van der Waals surface area contributed by atoms with Crippen molar-refractivity contribution in [2.75, 3.05) is 18.8 Å². The minimum atomic E-state index is -0.739. The summed E-state index contributed by atoms with van der Waals surface area (Å²) < 4.78 is 1.39. The quantitative estimate of drug-likeness (QED) is 0.711. The second-order valence-electron chi connectivity index (χ2n) is 4.81. The summed E-state index contributed by atoms with van der Waals surface area (Å²) in [7, 11) is 0. The normalized spacial score (nSPS) is 18.2. The molecular formula is C10H17N5O2. The zero-order chi connectivity index (χ0) is 12.6. The number of nitrogens with zero attached hydrogens (tertiary/aromatic N) is 4. The minimum absolute atomic E-state index is 0.0831. The summed E-state index contributed by atoms with van der Waals surface area (Å²) in [6.45, 7) is 4.76. The fourth-order valence-electron chi connectivity index (χ4n) is 1.78. The highest BCUT2D eigenvalue weighted by Crippen LogP contribution is 2.28. The van der Waals surface area contributed by atoms with Crippen LogP contribution in [0, 0.1) is 5.92 Å². The molecule has 0 spiro atoms. The Morgan fingerprint density at radius 3 is 2.76 bits per heavy atom. The first-order valence-electron chi connectivity index (χ1n) is 5.56. The number of nitrogens with two attached hydrogens (primary N) is 1. The average molecular weight is 239 g/mol. The first-order chi connectivity index (χ1) is 7.90. The molecule has 1 aromatic rings. The maximum absolute atomic E-state index is 11.8. The minimum Gasteiger partial charge on any atom is -0.386 e. The Morgan fingerprint density at radius 2 is 2.29 bits per heavy atom. The van der Waals surface area contributed by atoms with Crippen LogP contribution in [-0.4, -0.2) is 49.4 Å². The van der Waals surface area contributed by atoms with Gasteiger partial charge in [-0.25, -0.2) is 9.67 Å². The number of hydrogen-bond acceptors (Lipinski definition) is 5. The van der Waals surface area contributed by atoms with Gasteiger partial charge in [0.2, 0.25) is 11.9 Å². The first kappa shape index (κ1) is 11.8. The predicted molar refractivity (Wildman–Crippen MR) is 60.8 cm³/mol. The van der Waals surface area contributed by atoms with Gasteiger partial charge in [-0.15, -0.1) is 5.10 Å². The van der Waals surface area contributed by atoms with E-state index in [4.69, 9.17) is 5.73 Å². The van der Waals surface area contributed by atoms with E-state index in [1.807, 2.05) is 13.8 Å². The molecule has 2 rings (SSSR count). The lowest BCUT2D eigenvalue weighted by Crippen LogP contribution is -2.66. The number of β-amino-alcohol motifs (C(OH)–C–C–N with tert-alkyl or cyclic N) is 1. The summed E-state index contributed by atoms with van der Waals surface area (Å²) in [5, 5.41) is 13.9. The number of rotatable bonds is 3. The number of anilines is 1. The largest absolute Gasteiger partial charge is 0.386 e. The van der Waals surface area contributed by atoms with Crippen LogP contribution in [0.5, 0.6) is 0 Å². The molecule has 1 amide bonds. The maximum Gasteiger partial charge on any atom is 0.244 e. The van der Waals surface area contributed by atoms with Crippen molar-refractivity contribution >= 4 is 11.9 Å². The predicted octanol–water partition coefficient (Wildman–Crippen LogP) is -0.910. The molecule has 17 heavy (non-hydrogen) atoms. The molecule has 0 unspecified atom stereocenters. The summed E-state index contributed by atoms with van der Waals surface area (Å²) in [5.74, 6) is 0.217. The summed E-state index contributed by atoms with van der Waals surface area (Å²) in [6, 6.07) is 0. The lowest BCUT2D eigenvalue weighted by molar-refractivity contribution is -0.164. The molecule has 2 heterocycles. The van der Waals surface area contributed by atoms with Gasteiger partial charge in [0.05, 0.1) is 13.1 Å². The molecule has 1 aromatic heterocycles. The van der Waals surface area contributed by atoms with Crippen molar-refractivity contribution < 1.29 is 9.90 Å². The first-order valence-corrected chi connectivity index (χ1v) is 5.56. The van der Waals surface area contributed by atoms with Gasteiger partial charge in [0, 0.05) is 0 Å². The van der Waals surface area contributed by atoms with Crippen LogP contribution in [0.2, 0.25) is 0 Å². The molecule has 94 valence electrons. The molecule has 1 aliphatic rings. The number of carbonyl (C=O) groups excluding carboxylic acids is 1. The van der Waals surface area contributed by atoms with Crippen molar-refractivity contribution in [3.05, 3.63) is 6.33 Å². The second kappa shape index (κ2) is 3.99. The molecule has 0 aliphatic carbocycles. The Morgan fingerprint density at radius 1 is 1.65 bits per heavy atom. The lowest BCUT2D eigenvalue weighted by Gasteiger charge is -2.49. The van der Waals surface area contributed by atoms with E-state index in [0.29, 0.717) is 13.1 Å². The summed E-state index contributed by atoms with van der Waals surface area (Å²) in [5.41, 5.74) is 4.61. The molecule has 0 saturated carbocycles. The highest BCUT2D eigenvalue weighted by Gasteiger charge is 2.45. The topological polar surface area (TPSA) is 97.3 Å². The van der Waals surface area contributed by atoms with E-state index in [-0.39, 0.29) is 24.3 Å². The average Bonchev–Trinajstić information content (AvgIpc) is 2.58. The molecule has 0 atom stereocenters. The fraction of sp³-hybridized carbons (Fsp3) is 0.700. The van der Waals surface area contributed by atoms with E-state index < -0.39 is 5.60 Å². The van der Waals surface area contributed by atoms with E-state index in [1.165, 1.54) is 11.0 Å². The Labute approximate surface area is 99.2 Å². The van der Waals surface area contributed by atoms with Gasteiger partial charge in [-0.1, -0.05) is 13.8 Å². The number of nitrogen functional groups attached to an aromatic ring is 1. The van der Waals surface area contributed by atoms with Gasteiger partial charge >= 0.3 is 0 Å². The second-order valence-corrected chi connectivity index (χ2v) is 4.81. The van der Waals surface area contributed by atoms with Gasteiger partial charge in [-0.3, -0.25) is 4.79 Å². The highest BCUT2D eigenvalue weighted by molar-refractivity contribution is 5.77. The van der Waals surface area contributed by atoms with Crippen LogP contribution in [0.1, 0.15) is 13.8 Å². The van der Waals surface area contributed by atoms with Gasteiger partial charge in [0.25, 0.3) is 0 Å².